The van der Waals surface area contributed by atoms with Crippen LogP contribution in [0.5, 0.6) is 0 Å². The van der Waals surface area contributed by atoms with Crippen molar-refractivity contribution in [2.75, 3.05) is 4.90 Å². The minimum atomic E-state index is -0.0790. The minimum absolute atomic E-state index is 0.0790. The van der Waals surface area contributed by atoms with Crippen LogP contribution in [0.3, 0.4) is 0 Å². The maximum Gasteiger partial charge on any atom is 0.259 e. The van der Waals surface area contributed by atoms with E-state index in [0.29, 0.717) is 16.9 Å². The summed E-state index contributed by atoms with van der Waals surface area (Å²) >= 11 is 3.46. The van der Waals surface area contributed by atoms with E-state index >= 15 is 0 Å². The van der Waals surface area contributed by atoms with Crippen LogP contribution in [-0.2, 0) is 0 Å². The van der Waals surface area contributed by atoms with Gasteiger partial charge in [-0.1, -0.05) is 12.8 Å². The number of carbonyl (C=O) groups is 1. The number of rotatable bonds is 3. The van der Waals surface area contributed by atoms with Crippen molar-refractivity contribution in [1.29, 1.82) is 5.26 Å². The quantitative estimate of drug-likeness (QED) is 0.655. The summed E-state index contributed by atoms with van der Waals surface area (Å²) in [4.78, 5) is 19.5. The Kier molecular flexibility index (Phi) is 4.43. The molecule has 0 unspecified atom stereocenters. The number of fused-ring (bicyclic) bond motifs is 1. The van der Waals surface area contributed by atoms with Crippen LogP contribution in [-0.4, -0.2) is 26.5 Å². The monoisotopic (exact) mass is 409 g/mol. The van der Waals surface area contributed by atoms with Crippen molar-refractivity contribution in [2.24, 2.45) is 0 Å². The van der Waals surface area contributed by atoms with Crippen LogP contribution in [0.1, 0.15) is 41.6 Å². The van der Waals surface area contributed by atoms with E-state index in [4.69, 9.17) is 5.26 Å². The van der Waals surface area contributed by atoms with Gasteiger partial charge in [-0.25, -0.2) is 9.50 Å². The molecule has 6 nitrogen and oxygen atoms in total. The third kappa shape index (κ3) is 2.97. The summed E-state index contributed by atoms with van der Waals surface area (Å²) in [6.07, 6.45) is 9.15. The predicted octanol–water partition coefficient (Wildman–Crippen LogP) is 3.95. The first-order chi connectivity index (χ1) is 12.7. The summed E-state index contributed by atoms with van der Waals surface area (Å²) in [5.41, 5.74) is 1.92. The first-order valence-corrected chi connectivity index (χ1v) is 9.29. The number of nitrogens with zero attached hydrogens (tertiary/aromatic N) is 5. The smallest absolute Gasteiger partial charge is 0.259 e. The minimum Gasteiger partial charge on any atom is -0.290 e. The highest BCUT2D eigenvalue weighted by molar-refractivity contribution is 9.10. The molecule has 0 aromatic carbocycles. The highest BCUT2D eigenvalue weighted by Crippen LogP contribution is 2.29. The molecule has 0 aliphatic heterocycles. The van der Waals surface area contributed by atoms with Crippen LogP contribution in [0, 0.1) is 11.3 Å². The van der Waals surface area contributed by atoms with Gasteiger partial charge in [-0.15, -0.1) is 0 Å². The first kappa shape index (κ1) is 16.7. The number of carbonyl (C=O) groups excluding carboxylic acids is 1. The number of hydrogen-bond acceptors (Lipinski definition) is 4. The van der Waals surface area contributed by atoms with Gasteiger partial charge >= 0.3 is 0 Å². The van der Waals surface area contributed by atoms with E-state index in [1.165, 1.54) is 6.20 Å². The number of halogens is 1. The molecule has 4 rings (SSSR count). The van der Waals surface area contributed by atoms with Crippen molar-refractivity contribution >= 4 is 33.2 Å². The van der Waals surface area contributed by atoms with E-state index in [0.717, 1.165) is 35.7 Å². The number of anilines is 1. The van der Waals surface area contributed by atoms with Crippen LogP contribution < -0.4 is 4.90 Å². The summed E-state index contributed by atoms with van der Waals surface area (Å²) in [6, 6.07) is 9.27. The SMILES string of the molecule is N#Cc1ccc(N(C(=O)c2ccn3ncc(Br)c3c2)C2CCCC2)nc1. The molecule has 0 saturated heterocycles. The van der Waals surface area contributed by atoms with Gasteiger partial charge in [0.05, 0.1) is 21.7 Å². The zero-order valence-electron chi connectivity index (χ0n) is 14.0. The van der Waals surface area contributed by atoms with Gasteiger partial charge in [0.25, 0.3) is 5.91 Å². The van der Waals surface area contributed by atoms with Crippen LogP contribution in [0.2, 0.25) is 0 Å². The first-order valence-electron chi connectivity index (χ1n) is 8.50. The fourth-order valence-corrected chi connectivity index (χ4v) is 3.82. The van der Waals surface area contributed by atoms with Crippen LogP contribution >= 0.6 is 15.9 Å². The van der Waals surface area contributed by atoms with Gasteiger partial charge in [-0.3, -0.25) is 9.69 Å². The average molecular weight is 410 g/mol. The third-order valence-corrected chi connectivity index (χ3v) is 5.36. The fraction of sp³-hybridized carbons (Fsp3) is 0.263. The second-order valence-corrected chi connectivity index (χ2v) is 7.22. The molecular formula is C19H16BrN5O. The fourth-order valence-electron chi connectivity index (χ4n) is 3.44. The number of aromatic nitrogens is 3. The lowest BCUT2D eigenvalue weighted by atomic mass is 10.1. The topological polar surface area (TPSA) is 74.3 Å². The molecule has 26 heavy (non-hydrogen) atoms. The Morgan fingerprint density at radius 2 is 2.08 bits per heavy atom. The Bertz CT molecular complexity index is 999. The molecule has 3 heterocycles. The van der Waals surface area contributed by atoms with Crippen molar-refractivity contribution in [3.05, 3.63) is 58.5 Å². The molecule has 3 aromatic heterocycles. The van der Waals surface area contributed by atoms with Crippen molar-refractivity contribution in [3.8, 4) is 6.07 Å². The molecule has 0 spiro atoms. The Hall–Kier alpha value is -2.72. The Balaban J connectivity index is 1.75. The molecule has 0 bridgehead atoms. The van der Waals surface area contributed by atoms with E-state index in [2.05, 4.69) is 32.1 Å². The lowest BCUT2D eigenvalue weighted by Gasteiger charge is -2.28. The number of pyridine rings is 2. The van der Waals surface area contributed by atoms with E-state index in [1.807, 2.05) is 6.07 Å². The number of nitriles is 1. The van der Waals surface area contributed by atoms with Gasteiger partial charge < -0.3 is 0 Å². The molecule has 1 amide bonds. The maximum atomic E-state index is 13.3. The van der Waals surface area contributed by atoms with Gasteiger partial charge in [0.2, 0.25) is 0 Å². The second-order valence-electron chi connectivity index (χ2n) is 6.37. The maximum absolute atomic E-state index is 13.3. The van der Waals surface area contributed by atoms with Crippen molar-refractivity contribution in [3.63, 3.8) is 0 Å². The van der Waals surface area contributed by atoms with Crippen molar-refractivity contribution < 1.29 is 4.79 Å². The highest BCUT2D eigenvalue weighted by atomic mass is 79.9. The standard InChI is InChI=1S/C19H16BrN5O/c20-16-12-23-24-8-7-14(9-17(16)24)19(26)25(15-3-1-2-4-15)18-6-5-13(10-21)11-22-18/h5-9,11-12,15H,1-4H2. The summed E-state index contributed by atoms with van der Waals surface area (Å²) in [5, 5.41) is 13.2. The molecule has 1 saturated carbocycles. The number of hydrogen-bond donors (Lipinski definition) is 0. The van der Waals surface area contributed by atoms with E-state index in [9.17, 15) is 4.79 Å². The molecule has 0 radical (unpaired) electrons. The Labute approximate surface area is 159 Å². The van der Waals surface area contributed by atoms with Gasteiger partial charge in [0.1, 0.15) is 11.9 Å². The summed E-state index contributed by atoms with van der Waals surface area (Å²) in [5.74, 6) is 0.512. The normalized spacial score (nSPS) is 14.5. The van der Waals surface area contributed by atoms with Crippen molar-refractivity contribution in [1.82, 2.24) is 14.6 Å². The summed E-state index contributed by atoms with van der Waals surface area (Å²) in [6.45, 7) is 0. The predicted molar refractivity (Wildman–Crippen MR) is 101 cm³/mol. The van der Waals surface area contributed by atoms with Crippen LogP contribution in [0.15, 0.2) is 47.3 Å². The number of amides is 1. The summed E-state index contributed by atoms with van der Waals surface area (Å²) in [7, 11) is 0. The van der Waals surface area contributed by atoms with Gasteiger partial charge in [0.15, 0.2) is 0 Å². The molecule has 7 heteroatoms. The second kappa shape index (κ2) is 6.89. The molecule has 0 N–H and O–H groups in total. The zero-order chi connectivity index (χ0) is 18.1. The van der Waals surface area contributed by atoms with E-state index in [1.54, 1.807) is 40.0 Å². The molecule has 130 valence electrons. The van der Waals surface area contributed by atoms with Crippen LogP contribution in [0.4, 0.5) is 5.82 Å². The zero-order valence-corrected chi connectivity index (χ0v) is 15.6. The molecular weight excluding hydrogens is 394 g/mol. The van der Waals surface area contributed by atoms with Gasteiger partial charge in [-0.05, 0) is 53.0 Å². The third-order valence-electron chi connectivity index (χ3n) is 4.75. The molecule has 0 atom stereocenters. The van der Waals surface area contributed by atoms with E-state index < -0.39 is 0 Å². The van der Waals surface area contributed by atoms with E-state index in [-0.39, 0.29) is 11.9 Å². The van der Waals surface area contributed by atoms with Gasteiger partial charge in [-0.2, -0.15) is 10.4 Å². The highest BCUT2D eigenvalue weighted by Gasteiger charge is 2.30. The molecule has 3 aromatic rings. The molecule has 1 fully saturated rings. The van der Waals surface area contributed by atoms with Gasteiger partial charge in [0, 0.05) is 24.0 Å². The summed E-state index contributed by atoms with van der Waals surface area (Å²) < 4.78 is 2.57. The average Bonchev–Trinajstić information content (AvgIpc) is 3.33. The van der Waals surface area contributed by atoms with Crippen molar-refractivity contribution in [2.45, 2.75) is 31.7 Å². The Morgan fingerprint density at radius 1 is 1.27 bits per heavy atom. The lowest BCUT2D eigenvalue weighted by molar-refractivity contribution is 0.0976. The molecule has 1 aliphatic carbocycles. The van der Waals surface area contributed by atoms with Crippen LogP contribution in [0.25, 0.3) is 5.52 Å². The Morgan fingerprint density at radius 3 is 2.77 bits per heavy atom. The molecule has 1 aliphatic rings. The largest absolute Gasteiger partial charge is 0.290 e. The lowest BCUT2D eigenvalue weighted by Crippen LogP contribution is -2.39.